The Morgan fingerprint density at radius 2 is 0.926 bits per heavy atom. The summed E-state index contributed by atoms with van der Waals surface area (Å²) in [5.74, 6) is 0.101. The zero-order chi connectivity index (χ0) is 20.2. The van der Waals surface area contributed by atoms with Gasteiger partial charge in [-0.25, -0.2) is 0 Å². The average molecular weight is 399 g/mol. The van der Waals surface area contributed by atoms with Crippen LogP contribution in [-0.2, 0) is 9.22 Å². The Kier molecular flexibility index (Phi) is 18.8. The molecule has 162 valence electrons. The van der Waals surface area contributed by atoms with Crippen molar-refractivity contribution in [2.75, 3.05) is 0 Å². The molecule has 0 saturated heterocycles. The second-order valence-electron chi connectivity index (χ2n) is 8.55. The van der Waals surface area contributed by atoms with Gasteiger partial charge in [0.2, 0.25) is 0 Å². The standard InChI is InChI=1S/C24H50O2Si/c1-5-9-10-11-12-13-14-15-16-17-18-19-20-24(25)26-27(21-6-2,22-7-3)23-8-4/h5-23H2,1-4H3. The molecule has 3 heteroatoms. The fraction of sp³-hybridized carbons (Fsp3) is 0.958. The minimum Gasteiger partial charge on any atom is -0.519 e. The summed E-state index contributed by atoms with van der Waals surface area (Å²) in [4.78, 5) is 12.4. The van der Waals surface area contributed by atoms with Crippen LogP contribution in [0.3, 0.4) is 0 Å². The topological polar surface area (TPSA) is 26.3 Å². The van der Waals surface area contributed by atoms with E-state index in [9.17, 15) is 4.79 Å². The van der Waals surface area contributed by atoms with E-state index in [2.05, 4.69) is 27.7 Å². The van der Waals surface area contributed by atoms with Crippen molar-refractivity contribution in [2.24, 2.45) is 0 Å². The molecule has 0 radical (unpaired) electrons. The molecule has 0 aromatic heterocycles. The second-order valence-corrected chi connectivity index (χ2v) is 12.6. The third-order valence-electron chi connectivity index (χ3n) is 5.68. The molecular formula is C24H50O2Si. The molecule has 0 N–H and O–H groups in total. The van der Waals surface area contributed by atoms with Crippen LogP contribution in [0.25, 0.3) is 0 Å². The average Bonchev–Trinajstić information content (AvgIpc) is 2.63. The summed E-state index contributed by atoms with van der Waals surface area (Å²) in [5.41, 5.74) is 0. The van der Waals surface area contributed by atoms with Gasteiger partial charge in [0, 0.05) is 6.42 Å². The summed E-state index contributed by atoms with van der Waals surface area (Å²) in [5, 5.41) is 0. The summed E-state index contributed by atoms with van der Waals surface area (Å²) in [7, 11) is -1.81. The third-order valence-corrected chi connectivity index (χ3v) is 10.6. The van der Waals surface area contributed by atoms with Crippen LogP contribution in [0, 0.1) is 0 Å². The maximum absolute atomic E-state index is 12.4. The van der Waals surface area contributed by atoms with E-state index in [4.69, 9.17) is 4.43 Å². The van der Waals surface area contributed by atoms with Crippen LogP contribution in [0.15, 0.2) is 0 Å². The van der Waals surface area contributed by atoms with E-state index in [1.54, 1.807) is 0 Å². The molecule has 0 amide bonds. The van der Waals surface area contributed by atoms with Crippen molar-refractivity contribution in [3.8, 4) is 0 Å². The quantitative estimate of drug-likeness (QED) is 0.151. The van der Waals surface area contributed by atoms with Gasteiger partial charge in [-0.1, -0.05) is 118 Å². The van der Waals surface area contributed by atoms with Crippen LogP contribution in [0.5, 0.6) is 0 Å². The van der Waals surface area contributed by atoms with Gasteiger partial charge in [0.1, 0.15) is 0 Å². The highest BCUT2D eigenvalue weighted by atomic mass is 28.4. The first-order valence-electron chi connectivity index (χ1n) is 12.4. The number of unbranched alkanes of at least 4 members (excludes halogenated alkanes) is 11. The van der Waals surface area contributed by atoms with Crippen molar-refractivity contribution in [2.45, 2.75) is 149 Å². The van der Waals surface area contributed by atoms with Crippen LogP contribution >= 0.6 is 0 Å². The fourth-order valence-electron chi connectivity index (χ4n) is 4.30. The summed E-state index contributed by atoms with van der Waals surface area (Å²) in [6.07, 6.45) is 20.1. The van der Waals surface area contributed by atoms with Gasteiger partial charge in [-0.05, 0) is 24.6 Å². The van der Waals surface area contributed by atoms with Gasteiger partial charge >= 0.3 is 0 Å². The molecule has 0 atom stereocenters. The smallest absolute Gasteiger partial charge is 0.292 e. The maximum atomic E-state index is 12.4. The van der Waals surface area contributed by atoms with E-state index in [1.807, 2.05) is 0 Å². The van der Waals surface area contributed by atoms with Crippen LogP contribution in [0.4, 0.5) is 0 Å². The van der Waals surface area contributed by atoms with Crippen molar-refractivity contribution in [3.05, 3.63) is 0 Å². The normalized spacial score (nSPS) is 11.7. The van der Waals surface area contributed by atoms with Gasteiger partial charge in [-0.3, -0.25) is 4.79 Å². The Hall–Kier alpha value is -0.313. The number of carbonyl (C=O) groups is 1. The van der Waals surface area contributed by atoms with Crippen molar-refractivity contribution in [1.82, 2.24) is 0 Å². The van der Waals surface area contributed by atoms with Gasteiger partial charge in [-0.15, -0.1) is 0 Å². The first-order valence-corrected chi connectivity index (χ1v) is 14.9. The molecule has 0 aliphatic heterocycles. The molecule has 0 unspecified atom stereocenters. The molecule has 0 aliphatic carbocycles. The molecule has 0 aromatic rings. The molecule has 0 spiro atoms. The number of hydrogen-bond acceptors (Lipinski definition) is 2. The van der Waals surface area contributed by atoms with E-state index in [1.165, 1.54) is 70.6 Å². The lowest BCUT2D eigenvalue weighted by molar-refractivity contribution is -0.135. The first kappa shape index (κ1) is 26.7. The monoisotopic (exact) mass is 398 g/mol. The van der Waals surface area contributed by atoms with Gasteiger partial charge < -0.3 is 4.43 Å². The van der Waals surface area contributed by atoms with Crippen LogP contribution in [0.2, 0.25) is 18.1 Å². The van der Waals surface area contributed by atoms with E-state index in [-0.39, 0.29) is 5.97 Å². The van der Waals surface area contributed by atoms with Crippen LogP contribution < -0.4 is 0 Å². The SMILES string of the molecule is CCCCCCCCCCCCCCC(=O)O[Si](CCC)(CCC)CCC. The van der Waals surface area contributed by atoms with E-state index >= 15 is 0 Å². The van der Waals surface area contributed by atoms with E-state index in [0.29, 0.717) is 6.42 Å². The van der Waals surface area contributed by atoms with Gasteiger partial charge in [-0.2, -0.15) is 0 Å². The lowest BCUT2D eigenvalue weighted by atomic mass is 10.0. The molecule has 0 aliphatic rings. The highest BCUT2D eigenvalue weighted by Gasteiger charge is 2.35. The molecule has 0 bridgehead atoms. The molecule has 0 rings (SSSR count). The highest BCUT2D eigenvalue weighted by Crippen LogP contribution is 2.28. The Bertz CT molecular complexity index is 313. The molecular weight excluding hydrogens is 348 g/mol. The van der Waals surface area contributed by atoms with Crippen molar-refractivity contribution in [1.29, 1.82) is 0 Å². The predicted molar refractivity (Wildman–Crippen MR) is 123 cm³/mol. The number of hydrogen-bond donors (Lipinski definition) is 0. The minimum atomic E-state index is -1.81. The van der Waals surface area contributed by atoms with Gasteiger partial charge in [0.25, 0.3) is 14.3 Å². The van der Waals surface area contributed by atoms with Crippen LogP contribution in [0.1, 0.15) is 130 Å². The Morgan fingerprint density at radius 1 is 0.556 bits per heavy atom. The number of carbonyl (C=O) groups excluding carboxylic acids is 1. The van der Waals surface area contributed by atoms with Gasteiger partial charge in [0.15, 0.2) is 0 Å². The Labute approximate surface area is 172 Å². The predicted octanol–water partition coefficient (Wildman–Crippen LogP) is 8.80. The zero-order valence-corrected chi connectivity index (χ0v) is 20.3. The summed E-state index contributed by atoms with van der Waals surface area (Å²) in [6, 6.07) is 3.45. The third kappa shape index (κ3) is 15.3. The molecule has 27 heavy (non-hydrogen) atoms. The van der Waals surface area contributed by atoms with E-state index in [0.717, 1.165) is 43.8 Å². The first-order chi connectivity index (χ1) is 13.1. The molecule has 0 saturated carbocycles. The zero-order valence-electron chi connectivity index (χ0n) is 19.3. The maximum Gasteiger partial charge on any atom is 0.292 e. The Balaban J connectivity index is 3.74. The molecule has 0 aromatic carbocycles. The highest BCUT2D eigenvalue weighted by molar-refractivity contribution is 6.75. The molecule has 2 nitrogen and oxygen atoms in total. The summed E-state index contributed by atoms with van der Waals surface area (Å²) in [6.45, 7) is 8.96. The number of rotatable bonds is 20. The van der Waals surface area contributed by atoms with Crippen LogP contribution in [-0.4, -0.2) is 14.3 Å². The lowest BCUT2D eigenvalue weighted by Crippen LogP contribution is -2.40. The van der Waals surface area contributed by atoms with Crippen molar-refractivity contribution in [3.63, 3.8) is 0 Å². The second kappa shape index (κ2) is 19.0. The fourth-order valence-corrected chi connectivity index (χ4v) is 8.67. The molecule has 0 heterocycles. The summed E-state index contributed by atoms with van der Waals surface area (Å²) < 4.78 is 6.16. The largest absolute Gasteiger partial charge is 0.519 e. The Morgan fingerprint density at radius 3 is 1.30 bits per heavy atom. The summed E-state index contributed by atoms with van der Waals surface area (Å²) >= 11 is 0. The van der Waals surface area contributed by atoms with Crippen molar-refractivity contribution >= 4 is 14.3 Å². The van der Waals surface area contributed by atoms with E-state index < -0.39 is 8.32 Å². The molecule has 0 fully saturated rings. The lowest BCUT2D eigenvalue weighted by Gasteiger charge is -2.30. The van der Waals surface area contributed by atoms with Gasteiger partial charge in [0.05, 0.1) is 0 Å². The minimum absolute atomic E-state index is 0.101. The van der Waals surface area contributed by atoms with Crippen molar-refractivity contribution < 1.29 is 9.22 Å².